The zero-order valence-electron chi connectivity index (χ0n) is 9.87. The zero-order chi connectivity index (χ0) is 12.5. The average molecular weight is 241 g/mol. The van der Waals surface area contributed by atoms with Crippen molar-refractivity contribution < 1.29 is 8.78 Å². The Morgan fingerprint density at radius 1 is 1.47 bits per heavy atom. The smallest absolute Gasteiger partial charge is 0.282 e. The Balaban J connectivity index is 1.95. The second-order valence-electron chi connectivity index (χ2n) is 4.78. The maximum atomic E-state index is 12.7. The van der Waals surface area contributed by atoms with Crippen LogP contribution in [0, 0.1) is 5.92 Å². The third kappa shape index (κ3) is 2.91. The largest absolute Gasteiger partial charge is 0.344 e. The molecule has 1 aromatic heterocycles. The lowest BCUT2D eigenvalue weighted by Crippen LogP contribution is -2.56. The second kappa shape index (κ2) is 4.56. The van der Waals surface area contributed by atoms with Crippen molar-refractivity contribution in [3.8, 4) is 0 Å². The van der Waals surface area contributed by atoms with E-state index >= 15 is 0 Å². The van der Waals surface area contributed by atoms with Crippen LogP contribution in [0.1, 0.15) is 12.5 Å². The molecule has 1 saturated heterocycles. The molecule has 17 heavy (non-hydrogen) atoms. The van der Waals surface area contributed by atoms with E-state index in [9.17, 15) is 8.78 Å². The highest BCUT2D eigenvalue weighted by molar-refractivity contribution is 5.43. The van der Waals surface area contributed by atoms with Crippen molar-refractivity contribution in [2.75, 3.05) is 24.5 Å². The van der Waals surface area contributed by atoms with Crippen LogP contribution in [-0.2, 0) is 6.42 Å². The van der Waals surface area contributed by atoms with Crippen molar-refractivity contribution in [2.24, 2.45) is 11.7 Å². The molecule has 5 heteroatoms. The lowest BCUT2D eigenvalue weighted by Gasteiger charge is -2.39. The van der Waals surface area contributed by atoms with Crippen molar-refractivity contribution in [1.82, 2.24) is 4.98 Å². The maximum absolute atomic E-state index is 12.7. The molecule has 1 atom stereocenters. The van der Waals surface area contributed by atoms with Crippen molar-refractivity contribution in [2.45, 2.75) is 19.3 Å². The summed E-state index contributed by atoms with van der Waals surface area (Å²) in [7, 11) is 0. The Morgan fingerprint density at radius 3 is 2.65 bits per heavy atom. The Morgan fingerprint density at radius 2 is 2.18 bits per heavy atom. The van der Waals surface area contributed by atoms with E-state index in [1.807, 2.05) is 6.07 Å². The second-order valence-corrected chi connectivity index (χ2v) is 4.78. The first-order chi connectivity index (χ1) is 8.00. The summed E-state index contributed by atoms with van der Waals surface area (Å²) in [6.07, 6.45) is 2.62. The lowest BCUT2D eigenvalue weighted by atomic mass is 10.0. The van der Waals surface area contributed by atoms with Crippen LogP contribution in [0.2, 0.25) is 0 Å². The van der Waals surface area contributed by atoms with E-state index in [0.29, 0.717) is 18.3 Å². The predicted octanol–water partition coefficient (Wildman–Crippen LogP) is 1.67. The highest BCUT2D eigenvalue weighted by Crippen LogP contribution is 2.30. The van der Waals surface area contributed by atoms with Gasteiger partial charge in [-0.3, -0.25) is 0 Å². The molecule has 0 spiro atoms. The summed E-state index contributed by atoms with van der Waals surface area (Å²) in [5.41, 5.74) is 6.64. The number of alkyl halides is 2. The standard InChI is InChI=1S/C12H17F2N3/c1-9(5-15)4-10-2-3-11(16-6-10)17-7-12(13,14)8-17/h2-3,6,9H,4-5,7-8,15H2,1H3/t9-/m0/s1. The van der Waals surface area contributed by atoms with Gasteiger partial charge < -0.3 is 10.6 Å². The third-order valence-corrected chi connectivity index (χ3v) is 2.96. The first kappa shape index (κ1) is 12.2. The zero-order valence-corrected chi connectivity index (χ0v) is 9.87. The molecular formula is C12H17F2N3. The van der Waals surface area contributed by atoms with Crippen LogP contribution < -0.4 is 10.6 Å². The summed E-state index contributed by atoms with van der Waals surface area (Å²) in [5, 5.41) is 0. The van der Waals surface area contributed by atoms with Crippen molar-refractivity contribution >= 4 is 5.82 Å². The summed E-state index contributed by atoms with van der Waals surface area (Å²) in [5.74, 6) is -1.51. The molecule has 0 saturated carbocycles. The molecule has 0 aliphatic carbocycles. The van der Waals surface area contributed by atoms with E-state index < -0.39 is 5.92 Å². The number of hydrogen-bond donors (Lipinski definition) is 1. The number of rotatable bonds is 4. The van der Waals surface area contributed by atoms with Crippen LogP contribution in [0.3, 0.4) is 0 Å². The van der Waals surface area contributed by atoms with Crippen LogP contribution in [0.15, 0.2) is 18.3 Å². The Bertz CT molecular complexity index is 370. The van der Waals surface area contributed by atoms with E-state index in [4.69, 9.17) is 5.73 Å². The number of pyridine rings is 1. The van der Waals surface area contributed by atoms with Crippen LogP contribution in [0.4, 0.5) is 14.6 Å². The molecule has 1 aliphatic rings. The van der Waals surface area contributed by atoms with Gasteiger partial charge in [0.1, 0.15) is 5.82 Å². The molecule has 94 valence electrons. The van der Waals surface area contributed by atoms with Crippen LogP contribution in [0.25, 0.3) is 0 Å². The van der Waals surface area contributed by atoms with Gasteiger partial charge in [-0.2, -0.15) is 0 Å². The summed E-state index contributed by atoms with van der Waals surface area (Å²) < 4.78 is 25.4. The first-order valence-electron chi connectivity index (χ1n) is 5.78. The number of halogens is 2. The summed E-state index contributed by atoms with van der Waals surface area (Å²) in [6.45, 7) is 2.26. The van der Waals surface area contributed by atoms with Gasteiger partial charge in [0.15, 0.2) is 0 Å². The molecule has 0 radical (unpaired) electrons. The number of nitrogens with zero attached hydrogens (tertiary/aromatic N) is 2. The van der Waals surface area contributed by atoms with Gasteiger partial charge in [-0.15, -0.1) is 0 Å². The van der Waals surface area contributed by atoms with Crippen LogP contribution in [-0.4, -0.2) is 30.5 Å². The molecule has 0 unspecified atom stereocenters. The predicted molar refractivity (Wildman–Crippen MR) is 63.3 cm³/mol. The highest BCUT2D eigenvalue weighted by Gasteiger charge is 2.44. The van der Waals surface area contributed by atoms with E-state index in [1.54, 1.807) is 17.2 Å². The minimum atomic E-state index is -2.55. The van der Waals surface area contributed by atoms with Crippen molar-refractivity contribution in [1.29, 1.82) is 0 Å². The fraction of sp³-hybridized carbons (Fsp3) is 0.583. The van der Waals surface area contributed by atoms with Crippen molar-refractivity contribution in [3.05, 3.63) is 23.9 Å². The van der Waals surface area contributed by atoms with Gasteiger partial charge in [-0.1, -0.05) is 13.0 Å². The average Bonchev–Trinajstić information content (AvgIpc) is 2.27. The molecule has 0 amide bonds. The van der Waals surface area contributed by atoms with E-state index in [-0.39, 0.29) is 13.1 Å². The third-order valence-electron chi connectivity index (χ3n) is 2.96. The molecule has 2 rings (SSSR count). The summed E-state index contributed by atoms with van der Waals surface area (Å²) in [4.78, 5) is 5.78. The number of aromatic nitrogens is 1. The summed E-state index contributed by atoms with van der Waals surface area (Å²) >= 11 is 0. The van der Waals surface area contributed by atoms with E-state index in [2.05, 4.69) is 11.9 Å². The topological polar surface area (TPSA) is 42.1 Å². The van der Waals surface area contributed by atoms with Crippen LogP contribution in [0.5, 0.6) is 0 Å². The molecule has 1 aliphatic heterocycles. The van der Waals surface area contributed by atoms with Gasteiger partial charge in [0, 0.05) is 6.20 Å². The maximum Gasteiger partial charge on any atom is 0.282 e. The fourth-order valence-electron chi connectivity index (χ4n) is 1.88. The minimum absolute atomic E-state index is 0.224. The normalized spacial score (nSPS) is 19.9. The first-order valence-corrected chi connectivity index (χ1v) is 5.78. The SMILES string of the molecule is C[C@H](CN)Cc1ccc(N2CC(F)(F)C2)nc1. The molecule has 0 aromatic carbocycles. The molecule has 0 bridgehead atoms. The number of anilines is 1. The van der Waals surface area contributed by atoms with Gasteiger partial charge in [0.2, 0.25) is 0 Å². The minimum Gasteiger partial charge on any atom is -0.344 e. The van der Waals surface area contributed by atoms with Gasteiger partial charge in [0.25, 0.3) is 5.92 Å². The van der Waals surface area contributed by atoms with E-state index in [1.165, 1.54) is 0 Å². The van der Waals surface area contributed by atoms with Gasteiger partial charge in [-0.25, -0.2) is 13.8 Å². The molecule has 1 fully saturated rings. The Kier molecular flexibility index (Phi) is 3.28. The Hall–Kier alpha value is -1.23. The van der Waals surface area contributed by atoms with Gasteiger partial charge in [0.05, 0.1) is 13.1 Å². The molecule has 2 heterocycles. The quantitative estimate of drug-likeness (QED) is 0.872. The lowest BCUT2D eigenvalue weighted by molar-refractivity contribution is -0.0267. The molecular weight excluding hydrogens is 224 g/mol. The molecule has 2 N–H and O–H groups in total. The molecule has 3 nitrogen and oxygen atoms in total. The van der Waals surface area contributed by atoms with Gasteiger partial charge >= 0.3 is 0 Å². The Labute approximate surface area is 99.6 Å². The number of hydrogen-bond acceptors (Lipinski definition) is 3. The highest BCUT2D eigenvalue weighted by atomic mass is 19.3. The summed E-state index contributed by atoms with van der Waals surface area (Å²) in [6, 6.07) is 3.73. The van der Waals surface area contributed by atoms with Crippen LogP contribution >= 0.6 is 0 Å². The molecule has 1 aromatic rings. The monoisotopic (exact) mass is 241 g/mol. The van der Waals surface area contributed by atoms with E-state index in [0.717, 1.165) is 12.0 Å². The fourth-order valence-corrected chi connectivity index (χ4v) is 1.88. The van der Waals surface area contributed by atoms with Gasteiger partial charge in [-0.05, 0) is 30.5 Å². The van der Waals surface area contributed by atoms with Crippen molar-refractivity contribution in [3.63, 3.8) is 0 Å². The number of nitrogens with two attached hydrogens (primary N) is 1.